The van der Waals surface area contributed by atoms with E-state index in [2.05, 4.69) is 4.98 Å². The van der Waals surface area contributed by atoms with Crippen molar-refractivity contribution >= 4 is 29.9 Å². The predicted molar refractivity (Wildman–Crippen MR) is 112 cm³/mol. The van der Waals surface area contributed by atoms with E-state index in [1.807, 2.05) is 6.92 Å². The zero-order valence-electron chi connectivity index (χ0n) is 18.3. The van der Waals surface area contributed by atoms with Gasteiger partial charge in [-0.2, -0.15) is 13.2 Å². The van der Waals surface area contributed by atoms with Crippen LogP contribution in [-0.4, -0.2) is 51.3 Å². The van der Waals surface area contributed by atoms with Crippen molar-refractivity contribution in [1.29, 1.82) is 0 Å². The molecule has 0 bridgehead atoms. The number of alkyl halides is 3. The Morgan fingerprint density at radius 2 is 1.91 bits per heavy atom. The van der Waals surface area contributed by atoms with Gasteiger partial charge in [0.15, 0.2) is 0 Å². The van der Waals surface area contributed by atoms with Crippen LogP contribution in [0.2, 0.25) is 0 Å². The van der Waals surface area contributed by atoms with Gasteiger partial charge >= 0.3 is 12.1 Å². The van der Waals surface area contributed by atoms with Gasteiger partial charge in [-0.15, -0.1) is 0 Å². The third-order valence-corrected chi connectivity index (χ3v) is 6.12. The molecule has 0 radical (unpaired) electrons. The van der Waals surface area contributed by atoms with Gasteiger partial charge in [0, 0.05) is 12.6 Å². The van der Waals surface area contributed by atoms with Gasteiger partial charge in [-0.05, 0) is 36.0 Å². The smallest absolute Gasteiger partial charge is 0.446 e. The average Bonchev–Trinajstić information content (AvgIpc) is 2.75. The first-order chi connectivity index (χ1) is 15.4. The molecule has 3 atom stereocenters. The minimum Gasteiger partial charge on any atom is -0.480 e. The molecule has 1 aliphatic heterocycles. The monoisotopic (exact) mass is 471 g/mol. The lowest BCUT2D eigenvalue weighted by Crippen LogP contribution is -2.67. The predicted octanol–water partition coefficient (Wildman–Crippen LogP) is 3.00. The number of likely N-dealkylation sites (tertiary alicyclic amines) is 1. The second-order valence-corrected chi connectivity index (χ2v) is 8.52. The number of amides is 2. The lowest BCUT2D eigenvalue weighted by molar-refractivity contribution is -0.177. The largest absolute Gasteiger partial charge is 0.480 e. The van der Waals surface area contributed by atoms with Crippen LogP contribution in [0, 0.1) is 17.8 Å². The molecule has 182 valence electrons. The Morgan fingerprint density at radius 1 is 1.30 bits per heavy atom. The van der Waals surface area contributed by atoms with Gasteiger partial charge in [0.2, 0.25) is 18.1 Å². The van der Waals surface area contributed by atoms with Crippen LogP contribution in [0.3, 0.4) is 0 Å². The van der Waals surface area contributed by atoms with Gasteiger partial charge in [0.1, 0.15) is 11.9 Å². The molecule has 1 saturated heterocycles. The number of nitrogen functional groups attached to an aromatic ring is 1. The fraction of sp³-hybridized carbons (Fsp3) is 0.591. The molecule has 1 aromatic heterocycles. The summed E-state index contributed by atoms with van der Waals surface area (Å²) in [4.78, 5) is 50.5. The number of carbonyl (C=O) groups excluding carboxylic acids is 3. The Kier molecular flexibility index (Phi) is 8.95. The van der Waals surface area contributed by atoms with E-state index >= 15 is 0 Å². The lowest BCUT2D eigenvalue weighted by atomic mass is 9.78. The number of imide groups is 1. The Bertz CT molecular complexity index is 871. The quantitative estimate of drug-likeness (QED) is 0.482. The Hall–Kier alpha value is -2.98. The highest BCUT2D eigenvalue weighted by atomic mass is 19.4. The van der Waals surface area contributed by atoms with Crippen molar-refractivity contribution in [2.24, 2.45) is 17.8 Å². The first kappa shape index (κ1) is 26.3. The number of pyridine rings is 1. The highest BCUT2D eigenvalue weighted by Crippen LogP contribution is 2.35. The van der Waals surface area contributed by atoms with E-state index in [1.165, 1.54) is 25.5 Å². The van der Waals surface area contributed by atoms with Crippen LogP contribution in [0.15, 0.2) is 18.3 Å². The maximum Gasteiger partial charge on any atom is 0.446 e. The highest BCUT2D eigenvalue weighted by molar-refractivity contribution is 6.08. The molecule has 3 N–H and O–H groups in total. The number of anilines is 1. The third kappa shape index (κ3) is 7.26. The summed E-state index contributed by atoms with van der Waals surface area (Å²) in [5.74, 6) is -1.68. The second-order valence-electron chi connectivity index (χ2n) is 8.52. The van der Waals surface area contributed by atoms with E-state index in [1.54, 1.807) is 12.1 Å². The molecule has 3 rings (SSSR count). The minimum atomic E-state index is -4.64. The summed E-state index contributed by atoms with van der Waals surface area (Å²) < 4.78 is 31.2. The molecule has 1 aliphatic carbocycles. The first-order valence-corrected chi connectivity index (χ1v) is 10.8. The lowest BCUT2D eigenvalue weighted by Gasteiger charge is -2.43. The summed E-state index contributed by atoms with van der Waals surface area (Å²) in [6.45, 7) is 2.03. The molecule has 2 amide bonds. The van der Waals surface area contributed by atoms with Crippen molar-refractivity contribution in [2.45, 2.75) is 64.1 Å². The maximum absolute atomic E-state index is 12.7. The van der Waals surface area contributed by atoms with Gasteiger partial charge in [-0.1, -0.05) is 39.0 Å². The third-order valence-electron chi connectivity index (χ3n) is 6.12. The van der Waals surface area contributed by atoms with Gasteiger partial charge in [0.25, 0.3) is 0 Å². The van der Waals surface area contributed by atoms with Gasteiger partial charge in [0.05, 0.1) is 5.92 Å². The summed E-state index contributed by atoms with van der Waals surface area (Å²) in [5.41, 5.74) is 6.39. The van der Waals surface area contributed by atoms with E-state index in [4.69, 9.17) is 10.5 Å². The molecule has 2 fully saturated rings. The summed E-state index contributed by atoms with van der Waals surface area (Å²) in [6, 6.07) is 2.23. The molecule has 33 heavy (non-hydrogen) atoms. The van der Waals surface area contributed by atoms with Crippen LogP contribution in [0.25, 0.3) is 0 Å². The number of carboxylic acids is 1. The number of rotatable bonds is 6. The van der Waals surface area contributed by atoms with Crippen molar-refractivity contribution in [3.05, 3.63) is 23.9 Å². The normalized spacial score (nSPS) is 21.9. The SMILES string of the molecule is C[C@@H](CC(=O)N1C(=O)C(Cc2ccnc(N)c2)[C@H]1C(=O)O)C1CCCCC1.O=CC(F)(F)F. The van der Waals surface area contributed by atoms with Gasteiger partial charge in [-0.3, -0.25) is 19.3 Å². The number of nitrogens with two attached hydrogens (primary N) is 1. The molecule has 1 saturated carbocycles. The molecule has 1 aromatic rings. The number of hydrogen-bond donors (Lipinski definition) is 2. The number of nitrogens with zero attached hydrogens (tertiary/aromatic N) is 2. The van der Waals surface area contributed by atoms with E-state index < -0.39 is 36.3 Å². The van der Waals surface area contributed by atoms with Gasteiger partial charge in [-0.25, -0.2) is 9.78 Å². The van der Waals surface area contributed by atoms with Crippen molar-refractivity contribution in [1.82, 2.24) is 9.88 Å². The summed E-state index contributed by atoms with van der Waals surface area (Å²) in [6.07, 6.45) is 2.12. The van der Waals surface area contributed by atoms with E-state index in [0.717, 1.165) is 23.3 Å². The van der Waals surface area contributed by atoms with Crippen LogP contribution in [0.5, 0.6) is 0 Å². The van der Waals surface area contributed by atoms with E-state index in [-0.39, 0.29) is 24.7 Å². The second kappa shape index (κ2) is 11.2. The Balaban J connectivity index is 0.000000569. The zero-order valence-corrected chi connectivity index (χ0v) is 18.3. The number of aliphatic carboxylic acids is 1. The average molecular weight is 471 g/mol. The van der Waals surface area contributed by atoms with Crippen LogP contribution < -0.4 is 5.73 Å². The topological polar surface area (TPSA) is 131 Å². The maximum atomic E-state index is 12.7. The molecular weight excluding hydrogens is 443 g/mol. The fourth-order valence-electron chi connectivity index (χ4n) is 4.43. The number of carbonyl (C=O) groups is 4. The van der Waals surface area contributed by atoms with Crippen molar-refractivity contribution in [3.63, 3.8) is 0 Å². The van der Waals surface area contributed by atoms with E-state index in [9.17, 15) is 32.7 Å². The molecule has 2 aliphatic rings. The highest BCUT2D eigenvalue weighted by Gasteiger charge is 2.54. The van der Waals surface area contributed by atoms with Crippen LogP contribution in [-0.2, 0) is 25.6 Å². The summed E-state index contributed by atoms with van der Waals surface area (Å²) in [5, 5.41) is 9.57. The number of aldehydes is 1. The van der Waals surface area contributed by atoms with Crippen molar-refractivity contribution in [3.8, 4) is 0 Å². The van der Waals surface area contributed by atoms with E-state index in [0.29, 0.717) is 11.7 Å². The Labute approximate surface area is 189 Å². The van der Waals surface area contributed by atoms with Crippen LogP contribution >= 0.6 is 0 Å². The minimum absolute atomic E-state index is 0.166. The first-order valence-electron chi connectivity index (χ1n) is 10.8. The molecule has 2 heterocycles. The number of hydrogen-bond acceptors (Lipinski definition) is 6. The van der Waals surface area contributed by atoms with Crippen molar-refractivity contribution < 1.29 is 37.5 Å². The zero-order chi connectivity index (χ0) is 24.8. The summed E-state index contributed by atoms with van der Waals surface area (Å²) in [7, 11) is 0. The molecule has 0 spiro atoms. The number of aromatic nitrogens is 1. The van der Waals surface area contributed by atoms with Crippen LogP contribution in [0.1, 0.15) is 51.0 Å². The van der Waals surface area contributed by atoms with Crippen molar-refractivity contribution in [2.75, 3.05) is 5.73 Å². The standard InChI is InChI=1S/C20H27N3O4.C2HF3O/c1-12(14-5-3-2-4-6-14)9-17(24)23-18(20(26)27)15(19(23)25)10-13-7-8-22-16(21)11-13;3-2(4,5)1-6/h7-8,11-12,14-15,18H,2-6,9-10H2,1H3,(H2,21,22)(H,26,27);1H/t12-,15?,18-;/m0./s1. The molecule has 1 unspecified atom stereocenters. The molecule has 0 aromatic carbocycles. The number of halogens is 3. The number of β-lactam (4-membered cyclic amide) rings is 1. The molecule has 8 nitrogen and oxygen atoms in total. The molecular formula is C22H28F3N3O5. The number of carboxylic acid groups (broad SMARTS) is 1. The summed E-state index contributed by atoms with van der Waals surface area (Å²) >= 11 is 0. The van der Waals surface area contributed by atoms with Gasteiger partial charge < -0.3 is 10.8 Å². The Morgan fingerprint density at radius 3 is 2.42 bits per heavy atom. The fourth-order valence-corrected chi connectivity index (χ4v) is 4.43. The van der Waals surface area contributed by atoms with Crippen LogP contribution in [0.4, 0.5) is 19.0 Å². The molecule has 11 heteroatoms.